The predicted molar refractivity (Wildman–Crippen MR) is 62.1 cm³/mol. The number of hydrogen-bond donors (Lipinski definition) is 0. The van der Waals surface area contributed by atoms with Gasteiger partial charge in [-0.15, -0.1) is 0 Å². The molecule has 0 spiro atoms. The van der Waals surface area contributed by atoms with Crippen molar-refractivity contribution in [3.63, 3.8) is 0 Å². The average Bonchev–Trinajstić information content (AvgIpc) is 2.02. The fraction of sp³-hybridized carbons (Fsp3) is 1.00. The molecule has 0 bridgehead atoms. The van der Waals surface area contributed by atoms with E-state index in [1.165, 1.54) is 0 Å². The van der Waals surface area contributed by atoms with Crippen LogP contribution in [-0.2, 0) is 0 Å². The molecule has 0 aliphatic heterocycles. The molecule has 4 nitrogen and oxygen atoms in total. The average molecular weight is 221 g/mol. The molecule has 0 fully saturated rings. The Hall–Kier alpha value is 0.270. The fourth-order valence-electron chi connectivity index (χ4n) is 2.09. The highest BCUT2D eigenvalue weighted by Crippen LogP contribution is 2.66. The second kappa shape index (κ2) is 5.38. The van der Waals surface area contributed by atoms with E-state index in [1.54, 1.807) is 0 Å². The molecule has 0 N–H and O–H groups in total. The zero-order chi connectivity index (χ0) is 11.5. The van der Waals surface area contributed by atoms with Gasteiger partial charge in [0.2, 0.25) is 7.71 Å². The predicted octanol–water partition coefficient (Wildman–Crippen LogP) is 0.530. The van der Waals surface area contributed by atoms with Gasteiger partial charge in [0.05, 0.1) is 0 Å². The summed E-state index contributed by atoms with van der Waals surface area (Å²) in [5.74, 6) is -0.539. The molecule has 0 saturated carbocycles. The van der Waals surface area contributed by atoms with E-state index in [0.717, 1.165) is 0 Å². The number of nitrogens with zero attached hydrogens (tertiary/aromatic N) is 3. The van der Waals surface area contributed by atoms with E-state index in [4.69, 9.17) is 0 Å². The number of hydrogen-bond acceptors (Lipinski definition) is 4. The summed E-state index contributed by atoms with van der Waals surface area (Å²) >= 11 is 0. The summed E-state index contributed by atoms with van der Waals surface area (Å²) in [4.78, 5) is 0. The minimum atomic E-state index is -1.86. The first kappa shape index (κ1) is 14.3. The van der Waals surface area contributed by atoms with Gasteiger partial charge in [0.25, 0.3) is 0 Å². The van der Waals surface area contributed by atoms with Crippen molar-refractivity contribution in [3.8, 4) is 0 Å². The minimum Gasteiger partial charge on any atom is -0.817 e. The molecule has 86 valence electrons. The molecule has 0 rings (SSSR count). The van der Waals surface area contributed by atoms with Gasteiger partial charge in [-0.1, -0.05) is 6.92 Å². The molecule has 1 atom stereocenters. The van der Waals surface area contributed by atoms with Crippen molar-refractivity contribution in [2.75, 3.05) is 42.3 Å². The lowest BCUT2D eigenvalue weighted by atomic mass is 10.5. The zero-order valence-electron chi connectivity index (χ0n) is 10.5. The van der Waals surface area contributed by atoms with Crippen LogP contribution in [0.15, 0.2) is 0 Å². The van der Waals surface area contributed by atoms with E-state index < -0.39 is 13.6 Å². The molecular formula is C9H24N3OP. The van der Waals surface area contributed by atoms with E-state index in [1.807, 2.05) is 49.2 Å². The third-order valence-electron chi connectivity index (χ3n) is 2.50. The highest BCUT2D eigenvalue weighted by Gasteiger charge is 2.48. The molecule has 0 aliphatic rings. The van der Waals surface area contributed by atoms with Crippen molar-refractivity contribution >= 4 is 7.71 Å². The van der Waals surface area contributed by atoms with E-state index in [9.17, 15) is 5.11 Å². The van der Waals surface area contributed by atoms with Crippen molar-refractivity contribution in [1.29, 1.82) is 0 Å². The summed E-state index contributed by atoms with van der Waals surface area (Å²) < 4.78 is 6.27. The van der Waals surface area contributed by atoms with Crippen LogP contribution in [0.2, 0.25) is 0 Å². The van der Waals surface area contributed by atoms with Crippen LogP contribution in [-0.4, -0.2) is 62.1 Å². The summed E-state index contributed by atoms with van der Waals surface area (Å²) in [5, 5.41) is 12.2. The molecule has 1 unspecified atom stereocenters. The molecule has 5 heteroatoms. The Kier molecular flexibility index (Phi) is 5.48. The molecule has 0 aromatic carbocycles. The lowest BCUT2D eigenvalue weighted by Crippen LogP contribution is -2.47. The second-order valence-electron chi connectivity index (χ2n) is 4.02. The van der Waals surface area contributed by atoms with E-state index in [-0.39, 0.29) is 0 Å². The first-order chi connectivity index (χ1) is 6.31. The molecule has 0 aromatic heterocycles. The van der Waals surface area contributed by atoms with Gasteiger partial charge >= 0.3 is 0 Å². The molecule has 0 radical (unpaired) electrons. The second-order valence-corrected chi connectivity index (χ2v) is 8.22. The summed E-state index contributed by atoms with van der Waals surface area (Å²) in [6.45, 7) is 1.96. The van der Waals surface area contributed by atoms with Crippen molar-refractivity contribution in [1.82, 2.24) is 14.0 Å². The summed E-state index contributed by atoms with van der Waals surface area (Å²) in [6, 6.07) is 0. The fourth-order valence-corrected chi connectivity index (χ4v) is 6.27. The first-order valence-corrected chi connectivity index (χ1v) is 6.61. The molecule has 0 heterocycles. The van der Waals surface area contributed by atoms with E-state index in [0.29, 0.717) is 6.42 Å². The van der Waals surface area contributed by atoms with Crippen LogP contribution in [0.25, 0.3) is 0 Å². The van der Waals surface area contributed by atoms with Gasteiger partial charge in [0.15, 0.2) is 0 Å². The van der Waals surface area contributed by atoms with Gasteiger partial charge in [0.1, 0.15) is 0 Å². The van der Waals surface area contributed by atoms with Crippen LogP contribution < -0.4 is 5.11 Å². The van der Waals surface area contributed by atoms with Crippen LogP contribution in [0.5, 0.6) is 0 Å². The maximum absolute atomic E-state index is 12.2. The van der Waals surface area contributed by atoms with Crippen LogP contribution in [0.3, 0.4) is 0 Å². The van der Waals surface area contributed by atoms with Gasteiger partial charge in [-0.05, 0) is 6.42 Å². The van der Waals surface area contributed by atoms with Crippen molar-refractivity contribution in [2.24, 2.45) is 0 Å². The van der Waals surface area contributed by atoms with Crippen molar-refractivity contribution in [2.45, 2.75) is 19.2 Å². The summed E-state index contributed by atoms with van der Waals surface area (Å²) in [5.41, 5.74) is 0. The SMILES string of the molecule is CCC([O-])[P+](N(C)C)(N(C)C)N(C)C. The largest absolute Gasteiger partial charge is 0.817 e. The monoisotopic (exact) mass is 221 g/mol. The minimum absolute atomic E-state index is 0.539. The standard InChI is InChI=1S/C9H24N3OP/c1-8-9(13)14(10(2)3,11(4)5)12(6)7/h9H,8H2,1-7H3. The van der Waals surface area contributed by atoms with E-state index in [2.05, 4.69) is 14.0 Å². The van der Waals surface area contributed by atoms with Crippen LogP contribution in [0.4, 0.5) is 0 Å². The van der Waals surface area contributed by atoms with Crippen LogP contribution in [0.1, 0.15) is 13.3 Å². The first-order valence-electron chi connectivity index (χ1n) is 4.89. The highest BCUT2D eigenvalue weighted by molar-refractivity contribution is 7.69. The van der Waals surface area contributed by atoms with Crippen LogP contribution in [0, 0.1) is 0 Å². The van der Waals surface area contributed by atoms with Gasteiger partial charge in [0, 0.05) is 48.1 Å². The van der Waals surface area contributed by atoms with Gasteiger partial charge < -0.3 is 5.11 Å². The maximum Gasteiger partial charge on any atom is 0.212 e. The summed E-state index contributed by atoms with van der Waals surface area (Å²) in [7, 11) is 10.1. The lowest BCUT2D eigenvalue weighted by Gasteiger charge is -2.47. The molecule has 0 saturated heterocycles. The quantitative estimate of drug-likeness (QED) is 0.634. The molecular weight excluding hydrogens is 197 g/mol. The highest BCUT2D eigenvalue weighted by atomic mass is 31.2. The van der Waals surface area contributed by atoms with Crippen molar-refractivity contribution < 1.29 is 5.11 Å². The summed E-state index contributed by atoms with van der Waals surface area (Å²) in [6.07, 6.45) is 0.669. The Balaban J connectivity index is 5.16. The topological polar surface area (TPSA) is 32.8 Å². The Morgan fingerprint density at radius 1 is 0.929 bits per heavy atom. The van der Waals surface area contributed by atoms with Gasteiger partial charge in [-0.2, -0.15) is 14.0 Å². The lowest BCUT2D eigenvalue weighted by molar-refractivity contribution is -0.392. The molecule has 0 aliphatic carbocycles. The van der Waals surface area contributed by atoms with E-state index >= 15 is 0 Å². The van der Waals surface area contributed by atoms with Gasteiger partial charge in [-0.3, -0.25) is 0 Å². The van der Waals surface area contributed by atoms with Crippen LogP contribution >= 0.6 is 7.71 Å². The molecule has 0 amide bonds. The normalized spacial score (nSPS) is 15.6. The Morgan fingerprint density at radius 3 is 1.29 bits per heavy atom. The van der Waals surface area contributed by atoms with Crippen molar-refractivity contribution in [3.05, 3.63) is 0 Å². The van der Waals surface area contributed by atoms with Gasteiger partial charge in [-0.25, -0.2) is 0 Å². The Morgan fingerprint density at radius 2 is 1.21 bits per heavy atom. The third-order valence-corrected chi connectivity index (χ3v) is 7.17. The smallest absolute Gasteiger partial charge is 0.212 e. The third kappa shape index (κ3) is 2.26. The Labute approximate surface area is 89.0 Å². The molecule has 0 aromatic rings. The molecule has 14 heavy (non-hydrogen) atoms. The maximum atomic E-state index is 12.2. The Bertz CT molecular complexity index is 152. The number of rotatable bonds is 5. The zero-order valence-corrected chi connectivity index (χ0v) is 11.4.